The van der Waals surface area contributed by atoms with Crippen molar-refractivity contribution >= 4 is 26.3 Å². The molecule has 1 aromatic carbocycles. The van der Waals surface area contributed by atoms with Crippen LogP contribution in [0, 0.1) is 19.7 Å². The van der Waals surface area contributed by atoms with Gasteiger partial charge in [-0.2, -0.15) is 5.10 Å². The molecule has 0 aliphatic heterocycles. The van der Waals surface area contributed by atoms with Gasteiger partial charge in [-0.05, 0) is 44.0 Å². The molecule has 128 valence electrons. The van der Waals surface area contributed by atoms with E-state index in [0.717, 1.165) is 28.1 Å². The summed E-state index contributed by atoms with van der Waals surface area (Å²) in [7, 11) is -3.74. The predicted octanol–water partition coefficient (Wildman–Crippen LogP) is 2.59. The Kier molecular flexibility index (Phi) is 4.41. The summed E-state index contributed by atoms with van der Waals surface area (Å²) in [4.78, 5) is 5.20. The normalized spacial score (nSPS) is 12.2. The van der Waals surface area contributed by atoms with Gasteiger partial charge in [-0.25, -0.2) is 27.0 Å². The molecule has 0 aliphatic rings. The van der Waals surface area contributed by atoms with Crippen LogP contribution in [0.25, 0.3) is 4.96 Å². The van der Waals surface area contributed by atoms with Crippen LogP contribution in [0.3, 0.4) is 0 Å². The van der Waals surface area contributed by atoms with Crippen molar-refractivity contribution in [3.8, 4) is 0 Å². The number of imidazole rings is 1. The molecule has 9 heteroatoms. The monoisotopic (exact) mass is 368 g/mol. The lowest BCUT2D eigenvalue weighted by atomic mass is 10.2. The molecule has 0 atom stereocenters. The molecule has 0 amide bonds. The number of aromatic nitrogens is 3. The molecule has 6 nitrogen and oxygen atoms in total. The van der Waals surface area contributed by atoms with E-state index in [1.807, 2.05) is 13.8 Å². The van der Waals surface area contributed by atoms with E-state index < -0.39 is 15.8 Å². The number of nitrogens with zero attached hydrogens (tertiary/aromatic N) is 3. The van der Waals surface area contributed by atoms with Crippen LogP contribution in [0.15, 0.2) is 23.1 Å². The number of hydrogen-bond acceptors (Lipinski definition) is 5. The van der Waals surface area contributed by atoms with E-state index in [1.165, 1.54) is 30.4 Å². The van der Waals surface area contributed by atoms with Gasteiger partial charge < -0.3 is 0 Å². The molecule has 2 heterocycles. The largest absolute Gasteiger partial charge is 0.240 e. The van der Waals surface area contributed by atoms with Crippen molar-refractivity contribution in [2.24, 2.45) is 0 Å². The zero-order valence-corrected chi connectivity index (χ0v) is 15.1. The fourth-order valence-corrected chi connectivity index (χ4v) is 4.28. The van der Waals surface area contributed by atoms with Crippen LogP contribution in [0.5, 0.6) is 0 Å². The summed E-state index contributed by atoms with van der Waals surface area (Å²) in [5.74, 6) is -0.433. The van der Waals surface area contributed by atoms with E-state index in [9.17, 15) is 12.8 Å². The number of halogens is 1. The van der Waals surface area contributed by atoms with E-state index in [-0.39, 0.29) is 17.0 Å². The van der Waals surface area contributed by atoms with Gasteiger partial charge in [0.25, 0.3) is 0 Å². The van der Waals surface area contributed by atoms with E-state index >= 15 is 0 Å². The Morgan fingerprint density at radius 2 is 2.08 bits per heavy atom. The van der Waals surface area contributed by atoms with Crippen molar-refractivity contribution < 1.29 is 12.8 Å². The van der Waals surface area contributed by atoms with Crippen molar-refractivity contribution in [3.05, 3.63) is 46.0 Å². The summed E-state index contributed by atoms with van der Waals surface area (Å²) in [6.07, 6.45) is 0.799. The summed E-state index contributed by atoms with van der Waals surface area (Å²) in [6, 6.07) is 3.72. The minimum atomic E-state index is -3.74. The number of fused-ring (bicyclic) bond motifs is 1. The van der Waals surface area contributed by atoms with Gasteiger partial charge in [0.05, 0.1) is 22.8 Å². The number of sulfonamides is 1. The van der Waals surface area contributed by atoms with E-state index in [0.29, 0.717) is 5.69 Å². The van der Waals surface area contributed by atoms with Gasteiger partial charge in [0.2, 0.25) is 15.0 Å². The fraction of sp³-hybridized carbons (Fsp3) is 0.333. The molecule has 0 bridgehead atoms. The second-order valence-corrected chi connectivity index (χ2v) is 8.23. The topological polar surface area (TPSA) is 76.4 Å². The number of benzene rings is 1. The minimum Gasteiger partial charge on any atom is -0.223 e. The summed E-state index contributed by atoms with van der Waals surface area (Å²) in [5.41, 5.74) is 1.71. The highest BCUT2D eigenvalue weighted by Crippen LogP contribution is 2.20. The Balaban J connectivity index is 1.88. The van der Waals surface area contributed by atoms with E-state index in [1.54, 1.807) is 4.52 Å². The van der Waals surface area contributed by atoms with Gasteiger partial charge in [-0.3, -0.25) is 0 Å². The van der Waals surface area contributed by atoms with Gasteiger partial charge >= 0.3 is 0 Å². The Bertz CT molecular complexity index is 1010. The van der Waals surface area contributed by atoms with E-state index in [4.69, 9.17) is 0 Å². The zero-order valence-electron chi connectivity index (χ0n) is 13.5. The molecule has 0 unspecified atom stereocenters. The molecule has 0 aliphatic carbocycles. The Hall–Kier alpha value is -1.84. The number of rotatable bonds is 5. The van der Waals surface area contributed by atoms with Crippen LogP contribution in [-0.2, 0) is 23.0 Å². The number of hydrogen-bond donors (Lipinski definition) is 1. The molecule has 0 fully saturated rings. The number of nitrogens with one attached hydrogen (secondary N) is 1. The first-order valence-electron chi connectivity index (χ1n) is 7.41. The van der Waals surface area contributed by atoms with Crippen LogP contribution in [0.2, 0.25) is 0 Å². The summed E-state index contributed by atoms with van der Waals surface area (Å²) >= 11 is 1.49. The quantitative estimate of drug-likeness (QED) is 0.751. The minimum absolute atomic E-state index is 0.0346. The molecule has 3 aromatic rings. The highest BCUT2D eigenvalue weighted by molar-refractivity contribution is 7.89. The molecular formula is C15H17FN4O2S2. The van der Waals surface area contributed by atoms with Crippen LogP contribution >= 0.6 is 11.3 Å². The van der Waals surface area contributed by atoms with E-state index in [2.05, 4.69) is 14.8 Å². The number of aryl methyl sites for hydroxylation is 3. The maximum absolute atomic E-state index is 13.3. The lowest BCUT2D eigenvalue weighted by molar-refractivity contribution is 0.578. The fourth-order valence-electron chi connectivity index (χ4n) is 2.31. The summed E-state index contributed by atoms with van der Waals surface area (Å²) in [5, 5.41) is 5.38. The average Bonchev–Trinajstić information content (AvgIpc) is 3.04. The maximum atomic E-state index is 13.3. The van der Waals surface area contributed by atoms with Gasteiger partial charge in [-0.1, -0.05) is 18.3 Å². The highest BCUT2D eigenvalue weighted by Gasteiger charge is 2.19. The van der Waals surface area contributed by atoms with Crippen molar-refractivity contribution in [3.63, 3.8) is 0 Å². The average molecular weight is 368 g/mol. The third kappa shape index (κ3) is 3.06. The van der Waals surface area contributed by atoms with Crippen molar-refractivity contribution in [1.29, 1.82) is 0 Å². The van der Waals surface area contributed by atoms with Crippen molar-refractivity contribution in [2.45, 2.75) is 38.6 Å². The summed E-state index contributed by atoms with van der Waals surface area (Å²) < 4.78 is 42.4. The smallest absolute Gasteiger partial charge is 0.223 e. The predicted molar refractivity (Wildman–Crippen MR) is 90.1 cm³/mol. The molecule has 24 heavy (non-hydrogen) atoms. The maximum Gasteiger partial charge on any atom is 0.240 e. The summed E-state index contributed by atoms with van der Waals surface area (Å²) in [6.45, 7) is 5.42. The molecule has 3 rings (SSSR count). The van der Waals surface area contributed by atoms with Crippen molar-refractivity contribution in [2.75, 3.05) is 0 Å². The molecule has 0 saturated heterocycles. The van der Waals surface area contributed by atoms with Gasteiger partial charge in [0.15, 0.2) is 0 Å². The Labute approximate surface area is 143 Å². The van der Waals surface area contributed by atoms with Crippen LogP contribution in [0.4, 0.5) is 4.39 Å². The first-order valence-corrected chi connectivity index (χ1v) is 9.71. The molecule has 0 radical (unpaired) electrons. The lowest BCUT2D eigenvalue weighted by Gasteiger charge is -2.08. The SMILES string of the molecule is CCc1nn2c(CNS(=O)(=O)c3ccc(F)c(C)c3)c(C)nc2s1. The first kappa shape index (κ1) is 17.0. The third-order valence-electron chi connectivity index (χ3n) is 3.71. The van der Waals surface area contributed by atoms with Crippen LogP contribution in [0.1, 0.15) is 28.9 Å². The van der Waals surface area contributed by atoms with Gasteiger partial charge in [-0.15, -0.1) is 0 Å². The van der Waals surface area contributed by atoms with Crippen LogP contribution < -0.4 is 4.72 Å². The molecule has 0 saturated carbocycles. The van der Waals surface area contributed by atoms with Gasteiger partial charge in [0.1, 0.15) is 10.8 Å². The second-order valence-electron chi connectivity index (χ2n) is 5.42. The molecule has 0 spiro atoms. The first-order chi connectivity index (χ1) is 11.3. The molecule has 1 N–H and O–H groups in total. The third-order valence-corrected chi connectivity index (χ3v) is 6.16. The molecule has 2 aromatic heterocycles. The zero-order chi connectivity index (χ0) is 17.5. The van der Waals surface area contributed by atoms with Gasteiger partial charge in [0, 0.05) is 0 Å². The standard InChI is InChI=1S/C15H17FN4O2S2/c1-4-14-19-20-13(10(3)18-15(20)23-14)8-17-24(21,22)11-5-6-12(16)9(2)7-11/h5-7,17H,4,8H2,1-3H3. The van der Waals surface area contributed by atoms with Crippen LogP contribution in [-0.4, -0.2) is 23.0 Å². The highest BCUT2D eigenvalue weighted by atomic mass is 32.2. The Morgan fingerprint density at radius 3 is 2.75 bits per heavy atom. The lowest BCUT2D eigenvalue weighted by Crippen LogP contribution is -2.24. The Morgan fingerprint density at radius 1 is 1.33 bits per heavy atom. The molecular weight excluding hydrogens is 351 g/mol. The second kappa shape index (κ2) is 6.23. The van der Waals surface area contributed by atoms with Crippen molar-refractivity contribution in [1.82, 2.24) is 19.3 Å².